The summed E-state index contributed by atoms with van der Waals surface area (Å²) in [6, 6.07) is 8.06. The first kappa shape index (κ1) is 16.1. The molecule has 17 heavy (non-hydrogen) atoms. The van der Waals surface area contributed by atoms with Gasteiger partial charge in [0, 0.05) is 19.4 Å². The van der Waals surface area contributed by atoms with Crippen molar-refractivity contribution in [3.05, 3.63) is 35.4 Å². The molecule has 2 unspecified atom stereocenters. The van der Waals surface area contributed by atoms with E-state index in [-0.39, 0.29) is 9.96 Å². The highest BCUT2D eigenvalue weighted by atomic mass is 16.3. The Kier molecular flexibility index (Phi) is 5.78. The van der Waals surface area contributed by atoms with Gasteiger partial charge in [-0.25, -0.2) is 0 Å². The van der Waals surface area contributed by atoms with Crippen LogP contribution in [0.1, 0.15) is 25.0 Å². The second-order valence-electron chi connectivity index (χ2n) is 4.70. The van der Waals surface area contributed by atoms with Crippen LogP contribution in [0, 0.1) is 6.92 Å². The van der Waals surface area contributed by atoms with Crippen LogP contribution >= 0.6 is 0 Å². The molecule has 0 aliphatic heterocycles. The molecule has 98 valence electrons. The molecule has 4 nitrogen and oxygen atoms in total. The van der Waals surface area contributed by atoms with Crippen molar-refractivity contribution in [2.24, 2.45) is 0 Å². The Morgan fingerprint density at radius 1 is 1.12 bits per heavy atom. The van der Waals surface area contributed by atoms with E-state index in [1.54, 1.807) is 13.8 Å². The molecule has 1 aromatic carbocycles. The predicted octanol–water partition coefficient (Wildman–Crippen LogP) is 1.44. The topological polar surface area (TPSA) is 70.5 Å². The van der Waals surface area contributed by atoms with Gasteiger partial charge >= 0.3 is 0 Å². The molecule has 0 saturated heterocycles. The second-order valence-corrected chi connectivity index (χ2v) is 4.70. The van der Waals surface area contributed by atoms with E-state index in [0.717, 1.165) is 5.56 Å². The zero-order valence-corrected chi connectivity index (χ0v) is 11.0. The molecule has 0 aliphatic carbocycles. The van der Waals surface area contributed by atoms with E-state index < -0.39 is 12.5 Å². The van der Waals surface area contributed by atoms with E-state index in [9.17, 15) is 10.2 Å². The van der Waals surface area contributed by atoms with Crippen LogP contribution in [0.25, 0.3) is 0 Å². The monoisotopic (exact) mass is 241 g/mol. The predicted molar refractivity (Wildman–Crippen MR) is 66.4 cm³/mol. The fourth-order valence-electron chi connectivity index (χ4n) is 1.73. The van der Waals surface area contributed by atoms with Crippen molar-refractivity contribution >= 4 is 0 Å². The van der Waals surface area contributed by atoms with E-state index in [0.29, 0.717) is 6.54 Å². The smallest absolute Gasteiger partial charge is 0.189 e. The highest BCUT2D eigenvalue weighted by Gasteiger charge is 2.33. The molecular weight excluding hydrogens is 218 g/mol. The van der Waals surface area contributed by atoms with E-state index >= 15 is 0 Å². The number of benzene rings is 1. The Morgan fingerprint density at radius 2 is 1.59 bits per heavy atom. The molecule has 0 heterocycles. The first-order valence-electron chi connectivity index (χ1n) is 5.63. The number of rotatable bonds is 4. The third-order valence-electron chi connectivity index (χ3n) is 3.48. The first-order valence-corrected chi connectivity index (χ1v) is 5.63. The van der Waals surface area contributed by atoms with Crippen molar-refractivity contribution in [3.8, 4) is 0 Å². The quantitative estimate of drug-likeness (QED) is 0.619. The van der Waals surface area contributed by atoms with Crippen molar-refractivity contribution in [3.63, 3.8) is 0 Å². The lowest BCUT2D eigenvalue weighted by molar-refractivity contribution is -1.00. The molecule has 0 spiro atoms. The van der Waals surface area contributed by atoms with Gasteiger partial charge in [0.05, 0.1) is 7.05 Å². The van der Waals surface area contributed by atoms with Gasteiger partial charge in [0.1, 0.15) is 6.54 Å². The SMILES string of the molecule is Cc1ccccc1C[N+](C)(C(C)O)C(C)O.[OH-]. The average Bonchev–Trinajstić information content (AvgIpc) is 2.20. The van der Waals surface area contributed by atoms with Crippen molar-refractivity contribution in [2.45, 2.75) is 39.8 Å². The summed E-state index contributed by atoms with van der Waals surface area (Å²) in [7, 11) is 1.86. The summed E-state index contributed by atoms with van der Waals surface area (Å²) in [5.41, 5.74) is 2.35. The molecule has 1 rings (SSSR count). The van der Waals surface area contributed by atoms with Crippen LogP contribution in [-0.2, 0) is 6.54 Å². The zero-order chi connectivity index (χ0) is 12.3. The summed E-state index contributed by atoms with van der Waals surface area (Å²) in [5, 5.41) is 19.6. The van der Waals surface area contributed by atoms with Crippen molar-refractivity contribution in [1.29, 1.82) is 0 Å². The van der Waals surface area contributed by atoms with Crippen LogP contribution in [-0.4, -0.2) is 39.7 Å². The van der Waals surface area contributed by atoms with Crippen molar-refractivity contribution in [2.75, 3.05) is 7.05 Å². The minimum atomic E-state index is -0.598. The van der Waals surface area contributed by atoms with Gasteiger partial charge in [-0.2, -0.15) is 0 Å². The highest BCUT2D eigenvalue weighted by Crippen LogP contribution is 2.20. The Hall–Kier alpha value is -0.940. The number of aliphatic hydroxyl groups excluding tert-OH is 2. The van der Waals surface area contributed by atoms with Gasteiger partial charge in [0.2, 0.25) is 0 Å². The van der Waals surface area contributed by atoms with Gasteiger partial charge in [-0.15, -0.1) is 0 Å². The fourth-order valence-corrected chi connectivity index (χ4v) is 1.73. The maximum Gasteiger partial charge on any atom is 0.189 e. The van der Waals surface area contributed by atoms with E-state index in [2.05, 4.69) is 0 Å². The third kappa shape index (κ3) is 3.51. The fraction of sp³-hybridized carbons (Fsp3) is 0.538. The molecule has 2 atom stereocenters. The molecule has 0 saturated carbocycles. The summed E-state index contributed by atoms with van der Waals surface area (Å²) in [6.45, 7) is 6.10. The lowest BCUT2D eigenvalue weighted by Crippen LogP contribution is -2.56. The number of quaternary nitrogens is 1. The molecule has 4 heteroatoms. The maximum atomic E-state index is 9.81. The molecule has 0 aliphatic rings. The summed E-state index contributed by atoms with van der Waals surface area (Å²) in [5.74, 6) is 0. The molecule has 3 N–H and O–H groups in total. The van der Waals surface area contributed by atoms with E-state index in [1.165, 1.54) is 5.56 Å². The number of hydrogen-bond acceptors (Lipinski definition) is 3. The van der Waals surface area contributed by atoms with Crippen LogP contribution in [0.5, 0.6) is 0 Å². The molecule has 0 bridgehead atoms. The summed E-state index contributed by atoms with van der Waals surface area (Å²) < 4.78 is 0.213. The molecule has 0 aromatic heterocycles. The van der Waals surface area contributed by atoms with Crippen LogP contribution < -0.4 is 0 Å². The summed E-state index contributed by atoms with van der Waals surface area (Å²) in [4.78, 5) is 0. The number of hydrogen-bond donors (Lipinski definition) is 2. The minimum absolute atomic E-state index is 0. The molecular formula is C13H23NO3. The standard InChI is InChI=1S/C13H22NO2.H2O/c1-10-7-5-6-8-13(10)9-14(4,11(2)15)12(3)16;/h5-8,11-12,15-16H,9H2,1-4H3;1H2/q+1;/p-1. The van der Waals surface area contributed by atoms with E-state index in [1.807, 2.05) is 38.2 Å². The average molecular weight is 241 g/mol. The van der Waals surface area contributed by atoms with E-state index in [4.69, 9.17) is 0 Å². The lowest BCUT2D eigenvalue weighted by Gasteiger charge is -2.39. The molecule has 0 amide bonds. The number of aliphatic hydroxyl groups is 2. The van der Waals surface area contributed by atoms with Crippen LogP contribution in [0.3, 0.4) is 0 Å². The van der Waals surface area contributed by atoms with Gasteiger partial charge in [-0.05, 0) is 12.5 Å². The summed E-state index contributed by atoms with van der Waals surface area (Å²) >= 11 is 0. The van der Waals surface area contributed by atoms with Gasteiger partial charge in [0.25, 0.3) is 0 Å². The van der Waals surface area contributed by atoms with Crippen LogP contribution in [0.2, 0.25) is 0 Å². The zero-order valence-electron chi connectivity index (χ0n) is 11.0. The van der Waals surface area contributed by atoms with Crippen molar-refractivity contribution in [1.82, 2.24) is 0 Å². The molecule has 0 radical (unpaired) electrons. The minimum Gasteiger partial charge on any atom is -0.870 e. The first-order chi connectivity index (χ1) is 7.38. The van der Waals surface area contributed by atoms with Crippen LogP contribution in [0.4, 0.5) is 0 Å². The number of aryl methyl sites for hydroxylation is 1. The Morgan fingerprint density at radius 3 is 2.00 bits per heavy atom. The van der Waals surface area contributed by atoms with Gasteiger partial charge in [-0.3, -0.25) is 4.48 Å². The Bertz CT molecular complexity index is 342. The van der Waals surface area contributed by atoms with Crippen LogP contribution in [0.15, 0.2) is 24.3 Å². The Balaban J connectivity index is 0.00000256. The van der Waals surface area contributed by atoms with Gasteiger partial charge < -0.3 is 15.7 Å². The van der Waals surface area contributed by atoms with Gasteiger partial charge in [0.15, 0.2) is 12.5 Å². The Labute approximate surface area is 103 Å². The molecule has 0 fully saturated rings. The second kappa shape index (κ2) is 6.12. The molecule has 1 aromatic rings. The maximum absolute atomic E-state index is 9.81. The van der Waals surface area contributed by atoms with Gasteiger partial charge in [-0.1, -0.05) is 24.3 Å². The highest BCUT2D eigenvalue weighted by molar-refractivity contribution is 5.24. The summed E-state index contributed by atoms with van der Waals surface area (Å²) in [6.07, 6.45) is -1.20. The third-order valence-corrected chi connectivity index (χ3v) is 3.48. The largest absolute Gasteiger partial charge is 0.870 e. The lowest BCUT2D eigenvalue weighted by atomic mass is 10.1. The van der Waals surface area contributed by atoms with Crippen molar-refractivity contribution < 1.29 is 20.2 Å². The number of nitrogens with zero attached hydrogens (tertiary/aromatic N) is 1. The normalized spacial score (nSPS) is 17.8.